The Morgan fingerprint density at radius 2 is 2.44 bits per heavy atom. The lowest BCUT2D eigenvalue weighted by molar-refractivity contribution is 0.0945. The number of amides is 1. The molecule has 2 heterocycles. The number of nitrogens with one attached hydrogen (secondary N) is 2. The van der Waals surface area contributed by atoms with Gasteiger partial charge >= 0.3 is 0 Å². The number of carbonyl (C=O) groups excluding carboxylic acids is 1. The second-order valence-corrected chi connectivity index (χ2v) is 4.31. The second kappa shape index (κ2) is 5.73. The molecule has 0 radical (unpaired) electrons. The van der Waals surface area contributed by atoms with Crippen molar-refractivity contribution in [2.24, 2.45) is 0 Å². The van der Waals surface area contributed by atoms with Gasteiger partial charge in [0, 0.05) is 38.1 Å². The van der Waals surface area contributed by atoms with E-state index < -0.39 is 0 Å². The lowest BCUT2D eigenvalue weighted by Gasteiger charge is -2.06. The zero-order chi connectivity index (χ0) is 13.0. The van der Waals surface area contributed by atoms with Crippen LogP contribution in [0.1, 0.15) is 23.2 Å². The Hall–Kier alpha value is -1.75. The summed E-state index contributed by atoms with van der Waals surface area (Å²) in [4.78, 5) is 19.0. The standard InChI is InChI=1S/C12H15ClN4O/c1-2-17-8-9(13)7-10(17)12(18)16-4-3-11-14-5-6-15-11/h5-8H,2-4H2,1H3,(H,14,15)(H,16,18). The minimum absolute atomic E-state index is 0.115. The normalized spacial score (nSPS) is 10.6. The van der Waals surface area contributed by atoms with E-state index in [1.54, 1.807) is 24.7 Å². The maximum absolute atomic E-state index is 11.9. The van der Waals surface area contributed by atoms with E-state index in [2.05, 4.69) is 15.3 Å². The van der Waals surface area contributed by atoms with Crippen LogP contribution in [0.15, 0.2) is 24.7 Å². The minimum atomic E-state index is -0.115. The number of halogens is 1. The average Bonchev–Trinajstić information content (AvgIpc) is 2.98. The fourth-order valence-electron chi connectivity index (χ4n) is 1.75. The summed E-state index contributed by atoms with van der Waals surface area (Å²) in [5, 5.41) is 3.42. The van der Waals surface area contributed by atoms with E-state index in [4.69, 9.17) is 11.6 Å². The number of imidazole rings is 1. The van der Waals surface area contributed by atoms with E-state index in [9.17, 15) is 4.79 Å². The van der Waals surface area contributed by atoms with Gasteiger partial charge in [-0.15, -0.1) is 0 Å². The van der Waals surface area contributed by atoms with Gasteiger partial charge in [-0.3, -0.25) is 4.79 Å². The molecule has 0 unspecified atom stereocenters. The highest BCUT2D eigenvalue weighted by Crippen LogP contribution is 2.13. The fraction of sp³-hybridized carbons (Fsp3) is 0.333. The van der Waals surface area contributed by atoms with Gasteiger partial charge in [-0.2, -0.15) is 0 Å². The van der Waals surface area contributed by atoms with Crippen LogP contribution in [-0.2, 0) is 13.0 Å². The van der Waals surface area contributed by atoms with Crippen LogP contribution in [0.5, 0.6) is 0 Å². The third kappa shape index (κ3) is 2.92. The molecule has 0 spiro atoms. The lowest BCUT2D eigenvalue weighted by atomic mass is 10.3. The van der Waals surface area contributed by atoms with Crippen molar-refractivity contribution in [1.82, 2.24) is 19.9 Å². The molecule has 0 fully saturated rings. The molecule has 0 atom stereocenters. The summed E-state index contributed by atoms with van der Waals surface area (Å²) in [6, 6.07) is 1.67. The first-order valence-electron chi connectivity index (χ1n) is 5.83. The average molecular weight is 267 g/mol. The number of carbonyl (C=O) groups is 1. The molecule has 0 saturated carbocycles. The Kier molecular flexibility index (Phi) is 4.04. The van der Waals surface area contributed by atoms with E-state index in [-0.39, 0.29) is 5.91 Å². The van der Waals surface area contributed by atoms with Gasteiger partial charge in [-0.1, -0.05) is 11.6 Å². The molecular weight excluding hydrogens is 252 g/mol. The number of rotatable bonds is 5. The van der Waals surface area contributed by atoms with Crippen LogP contribution in [0.4, 0.5) is 0 Å². The van der Waals surface area contributed by atoms with Gasteiger partial charge in [0.15, 0.2) is 0 Å². The topological polar surface area (TPSA) is 62.7 Å². The molecule has 0 aliphatic heterocycles. The molecule has 1 amide bonds. The molecule has 0 aliphatic carbocycles. The predicted octanol–water partition coefficient (Wildman–Crippen LogP) is 1.86. The van der Waals surface area contributed by atoms with Crippen LogP contribution in [0.3, 0.4) is 0 Å². The SMILES string of the molecule is CCn1cc(Cl)cc1C(=O)NCCc1ncc[nH]1. The number of aromatic nitrogens is 3. The summed E-state index contributed by atoms with van der Waals surface area (Å²) in [5.74, 6) is 0.745. The van der Waals surface area contributed by atoms with Crippen molar-refractivity contribution in [3.8, 4) is 0 Å². The maximum atomic E-state index is 11.9. The minimum Gasteiger partial charge on any atom is -0.350 e. The first-order valence-corrected chi connectivity index (χ1v) is 6.20. The number of aryl methyl sites for hydroxylation is 1. The monoisotopic (exact) mass is 266 g/mol. The molecule has 2 N–H and O–H groups in total. The summed E-state index contributed by atoms with van der Waals surface area (Å²) >= 11 is 5.89. The van der Waals surface area contributed by atoms with Crippen LogP contribution in [0.25, 0.3) is 0 Å². The predicted molar refractivity (Wildman–Crippen MR) is 69.7 cm³/mol. The van der Waals surface area contributed by atoms with Gasteiger partial charge in [0.1, 0.15) is 11.5 Å². The first-order chi connectivity index (χ1) is 8.70. The highest BCUT2D eigenvalue weighted by atomic mass is 35.5. The highest BCUT2D eigenvalue weighted by molar-refractivity contribution is 6.31. The Labute approximate surface area is 110 Å². The molecule has 0 bridgehead atoms. The molecule has 5 nitrogen and oxygen atoms in total. The first kappa shape index (κ1) is 12.7. The van der Waals surface area contributed by atoms with Gasteiger partial charge in [-0.05, 0) is 13.0 Å². The van der Waals surface area contributed by atoms with Crippen LogP contribution in [0.2, 0.25) is 5.02 Å². The highest BCUT2D eigenvalue weighted by Gasteiger charge is 2.11. The van der Waals surface area contributed by atoms with Crippen LogP contribution in [-0.4, -0.2) is 27.0 Å². The van der Waals surface area contributed by atoms with E-state index >= 15 is 0 Å². The molecule has 2 aromatic heterocycles. The molecule has 0 saturated heterocycles. The zero-order valence-corrected chi connectivity index (χ0v) is 10.9. The van der Waals surface area contributed by atoms with Crippen molar-refractivity contribution in [3.63, 3.8) is 0 Å². The van der Waals surface area contributed by atoms with Gasteiger partial charge < -0.3 is 14.9 Å². The molecule has 2 rings (SSSR count). The van der Waals surface area contributed by atoms with Gasteiger partial charge in [0.25, 0.3) is 5.91 Å². The quantitative estimate of drug-likeness (QED) is 0.868. The van der Waals surface area contributed by atoms with E-state index in [1.807, 2.05) is 11.5 Å². The number of hydrogen-bond donors (Lipinski definition) is 2. The van der Waals surface area contributed by atoms with E-state index in [0.717, 1.165) is 5.82 Å². The summed E-state index contributed by atoms with van der Waals surface area (Å²) in [7, 11) is 0. The smallest absolute Gasteiger partial charge is 0.267 e. The summed E-state index contributed by atoms with van der Waals surface area (Å²) < 4.78 is 1.82. The molecule has 96 valence electrons. The third-order valence-electron chi connectivity index (χ3n) is 2.64. The lowest BCUT2D eigenvalue weighted by Crippen LogP contribution is -2.27. The van der Waals surface area contributed by atoms with Gasteiger partial charge in [-0.25, -0.2) is 4.98 Å². The van der Waals surface area contributed by atoms with Crippen molar-refractivity contribution >= 4 is 17.5 Å². The van der Waals surface area contributed by atoms with Gasteiger partial charge in [0.05, 0.1) is 5.02 Å². The number of nitrogens with zero attached hydrogens (tertiary/aromatic N) is 2. The second-order valence-electron chi connectivity index (χ2n) is 3.87. The van der Waals surface area contributed by atoms with Crippen LogP contribution < -0.4 is 5.32 Å². The van der Waals surface area contributed by atoms with Crippen molar-refractivity contribution in [1.29, 1.82) is 0 Å². The molecule has 0 aliphatic rings. The largest absolute Gasteiger partial charge is 0.350 e. The molecule has 0 aromatic carbocycles. The number of aromatic amines is 1. The van der Waals surface area contributed by atoms with Gasteiger partial charge in [0.2, 0.25) is 0 Å². The van der Waals surface area contributed by atoms with Crippen molar-refractivity contribution in [2.45, 2.75) is 19.9 Å². The zero-order valence-electron chi connectivity index (χ0n) is 10.1. The van der Waals surface area contributed by atoms with Crippen molar-refractivity contribution in [2.75, 3.05) is 6.54 Å². The molecule has 6 heteroatoms. The molecule has 18 heavy (non-hydrogen) atoms. The Bertz CT molecular complexity index is 518. The number of H-pyrrole nitrogens is 1. The molecule has 2 aromatic rings. The van der Waals surface area contributed by atoms with Crippen molar-refractivity contribution in [3.05, 3.63) is 41.2 Å². The number of hydrogen-bond acceptors (Lipinski definition) is 2. The summed E-state index contributed by atoms with van der Waals surface area (Å²) in [6.07, 6.45) is 5.89. The van der Waals surface area contributed by atoms with Crippen molar-refractivity contribution < 1.29 is 4.79 Å². The fourth-order valence-corrected chi connectivity index (χ4v) is 1.97. The Morgan fingerprint density at radius 1 is 1.61 bits per heavy atom. The third-order valence-corrected chi connectivity index (χ3v) is 2.85. The maximum Gasteiger partial charge on any atom is 0.267 e. The summed E-state index contributed by atoms with van der Waals surface area (Å²) in [6.45, 7) is 3.22. The summed E-state index contributed by atoms with van der Waals surface area (Å²) in [5.41, 5.74) is 0.585. The van der Waals surface area contributed by atoms with E-state index in [0.29, 0.717) is 30.2 Å². The Morgan fingerprint density at radius 3 is 3.11 bits per heavy atom. The van der Waals surface area contributed by atoms with Crippen LogP contribution in [0, 0.1) is 0 Å². The molecular formula is C12H15ClN4O. The van der Waals surface area contributed by atoms with E-state index in [1.165, 1.54) is 0 Å². The van der Waals surface area contributed by atoms with Crippen LogP contribution >= 0.6 is 11.6 Å². The Balaban J connectivity index is 1.91.